The number of carbonyl (C=O) groups is 1. The van der Waals surface area contributed by atoms with E-state index in [1.807, 2.05) is 10.8 Å². The summed E-state index contributed by atoms with van der Waals surface area (Å²) >= 11 is 0. The predicted molar refractivity (Wildman–Crippen MR) is 92.9 cm³/mol. The zero-order chi connectivity index (χ0) is 18.7. The Morgan fingerprint density at radius 2 is 1.81 bits per heavy atom. The fraction of sp³-hybridized carbons (Fsp3) is 0.125. The first-order valence-corrected chi connectivity index (χ1v) is 9.05. The number of benzene rings is 2. The number of sulfonamides is 1. The molecule has 26 heavy (non-hydrogen) atoms. The molecule has 1 atom stereocenters. The average molecular weight is 374 g/mol. The average Bonchev–Trinajstić information content (AvgIpc) is 3.12. The molecule has 1 heterocycles. The van der Waals surface area contributed by atoms with Gasteiger partial charge in [0, 0.05) is 18.7 Å². The van der Waals surface area contributed by atoms with Crippen LogP contribution in [-0.4, -0.2) is 30.6 Å². The third-order valence-corrected chi connectivity index (χ3v) is 5.16. The molecule has 1 unspecified atom stereocenters. The van der Waals surface area contributed by atoms with Crippen molar-refractivity contribution in [2.45, 2.75) is 17.4 Å². The number of para-hydroxylation sites is 1. The Bertz CT molecular complexity index is 975. The van der Waals surface area contributed by atoms with E-state index in [0.717, 1.165) is 22.7 Å². The van der Waals surface area contributed by atoms with Crippen molar-refractivity contribution in [3.05, 3.63) is 70.3 Å². The highest BCUT2D eigenvalue weighted by Crippen LogP contribution is 2.29. The number of rotatable bonds is 4. The minimum absolute atomic E-state index is 0.433. The number of hydrogen-bond donors (Lipinski definition) is 1. The first kappa shape index (κ1) is 17.5. The van der Waals surface area contributed by atoms with E-state index in [-0.39, 0.29) is 0 Å². The molecule has 0 aliphatic carbocycles. The van der Waals surface area contributed by atoms with Gasteiger partial charge in [-0.1, -0.05) is 42.5 Å². The van der Waals surface area contributed by atoms with Crippen molar-refractivity contribution in [3.63, 3.8) is 0 Å². The quantitative estimate of drug-likeness (QED) is 0.650. The molecule has 3 rings (SSSR count). The Morgan fingerprint density at radius 1 is 1.15 bits per heavy atom. The number of nitrogens with one attached hydrogen (secondary N) is 1. The smallest absolute Gasteiger partial charge is 0.258 e. The maximum Gasteiger partial charge on any atom is 0.352 e. The van der Waals surface area contributed by atoms with E-state index < -0.39 is 37.6 Å². The Hall–Kier alpha value is -3.27. The summed E-state index contributed by atoms with van der Waals surface area (Å²) in [4.78, 5) is 22.1. The number of amides is 2. The van der Waals surface area contributed by atoms with Gasteiger partial charge in [0.05, 0.1) is 11.0 Å². The van der Waals surface area contributed by atoms with Crippen LogP contribution in [0, 0.1) is 10.1 Å². The fourth-order valence-corrected chi connectivity index (χ4v) is 3.72. The molecule has 1 aliphatic heterocycles. The molecule has 0 spiro atoms. The molecule has 0 saturated carbocycles. The van der Waals surface area contributed by atoms with Crippen molar-refractivity contribution in [2.24, 2.45) is 5.10 Å². The lowest BCUT2D eigenvalue weighted by molar-refractivity contribution is -0.387. The fourth-order valence-electron chi connectivity index (χ4n) is 2.61. The molecule has 0 bridgehead atoms. The van der Waals surface area contributed by atoms with Crippen LogP contribution in [0.25, 0.3) is 0 Å². The van der Waals surface area contributed by atoms with Gasteiger partial charge in [0.25, 0.3) is 15.7 Å². The van der Waals surface area contributed by atoms with Crippen LogP contribution in [0.5, 0.6) is 0 Å². The van der Waals surface area contributed by atoms with Crippen LogP contribution < -0.4 is 4.72 Å². The van der Waals surface area contributed by atoms with Crippen LogP contribution in [0.15, 0.2) is 64.6 Å². The van der Waals surface area contributed by atoms with Gasteiger partial charge >= 0.3 is 6.03 Å². The lowest BCUT2D eigenvalue weighted by atomic mass is 10.1. The van der Waals surface area contributed by atoms with Gasteiger partial charge in [-0.25, -0.2) is 22.9 Å². The van der Waals surface area contributed by atoms with E-state index in [9.17, 15) is 23.3 Å². The number of hydrazone groups is 1. The Balaban J connectivity index is 1.85. The summed E-state index contributed by atoms with van der Waals surface area (Å²) < 4.78 is 26.8. The van der Waals surface area contributed by atoms with Crippen molar-refractivity contribution in [1.82, 2.24) is 9.73 Å². The Morgan fingerprint density at radius 3 is 2.50 bits per heavy atom. The number of hydrogen-bond acceptors (Lipinski definition) is 6. The van der Waals surface area contributed by atoms with Crippen LogP contribution >= 0.6 is 0 Å². The van der Waals surface area contributed by atoms with Gasteiger partial charge in [0.15, 0.2) is 4.90 Å². The molecule has 10 heteroatoms. The molecule has 1 aliphatic rings. The zero-order valence-electron chi connectivity index (χ0n) is 13.3. The van der Waals surface area contributed by atoms with E-state index in [2.05, 4.69) is 5.10 Å². The number of nitrogens with zero attached hydrogens (tertiary/aromatic N) is 3. The van der Waals surface area contributed by atoms with E-state index in [1.165, 1.54) is 18.3 Å². The molecule has 0 aromatic heterocycles. The minimum Gasteiger partial charge on any atom is -0.258 e. The molecule has 0 saturated heterocycles. The number of carbonyl (C=O) groups excluding carboxylic acids is 1. The molecule has 1 N–H and O–H groups in total. The summed E-state index contributed by atoms with van der Waals surface area (Å²) in [6.45, 7) is 0. The first-order valence-electron chi connectivity index (χ1n) is 7.57. The summed E-state index contributed by atoms with van der Waals surface area (Å²) in [7, 11) is -4.43. The first-order chi connectivity index (χ1) is 12.4. The second-order valence-corrected chi connectivity index (χ2v) is 7.09. The van der Waals surface area contributed by atoms with Crippen molar-refractivity contribution >= 4 is 28.0 Å². The summed E-state index contributed by atoms with van der Waals surface area (Å²) in [5, 5.41) is 16.0. The summed E-state index contributed by atoms with van der Waals surface area (Å²) in [5.74, 6) is 0. The summed E-state index contributed by atoms with van der Waals surface area (Å²) in [6, 6.07) is 12.4. The Kier molecular flexibility index (Phi) is 4.67. The minimum atomic E-state index is -4.43. The highest BCUT2D eigenvalue weighted by molar-refractivity contribution is 7.90. The largest absolute Gasteiger partial charge is 0.352 e. The van der Waals surface area contributed by atoms with Gasteiger partial charge in [-0.2, -0.15) is 5.10 Å². The van der Waals surface area contributed by atoms with Crippen molar-refractivity contribution in [1.29, 1.82) is 0 Å². The number of nitro groups is 1. The predicted octanol–water partition coefficient (Wildman–Crippen LogP) is 2.43. The summed E-state index contributed by atoms with van der Waals surface area (Å²) in [5.41, 5.74) is 0.181. The normalized spacial score (nSPS) is 16.5. The molecular weight excluding hydrogens is 360 g/mol. The van der Waals surface area contributed by atoms with Gasteiger partial charge in [-0.05, 0) is 11.6 Å². The van der Waals surface area contributed by atoms with Gasteiger partial charge in [0.2, 0.25) is 0 Å². The van der Waals surface area contributed by atoms with Crippen molar-refractivity contribution < 1.29 is 18.1 Å². The van der Waals surface area contributed by atoms with Gasteiger partial charge < -0.3 is 0 Å². The van der Waals surface area contributed by atoms with E-state index in [0.29, 0.717) is 6.42 Å². The third-order valence-electron chi connectivity index (χ3n) is 3.80. The molecule has 2 aromatic rings. The molecule has 2 aromatic carbocycles. The molecule has 2 amide bonds. The monoisotopic (exact) mass is 374 g/mol. The second-order valence-electron chi connectivity index (χ2n) is 5.44. The van der Waals surface area contributed by atoms with E-state index >= 15 is 0 Å². The van der Waals surface area contributed by atoms with Crippen LogP contribution in [0.1, 0.15) is 18.0 Å². The number of nitro benzene ring substituents is 1. The SMILES string of the molecule is O=C(NS(=O)(=O)c1ccccc1[N+](=O)[O-])N1N=CCC1c1ccccc1. The molecular formula is C16H14N4O5S. The van der Waals surface area contributed by atoms with Crippen LogP contribution in [-0.2, 0) is 10.0 Å². The lowest BCUT2D eigenvalue weighted by Crippen LogP contribution is -2.40. The maximum atomic E-state index is 12.5. The molecule has 134 valence electrons. The maximum absolute atomic E-state index is 12.5. The number of urea groups is 1. The van der Waals surface area contributed by atoms with Crippen LogP contribution in [0.2, 0.25) is 0 Å². The van der Waals surface area contributed by atoms with Gasteiger partial charge in [0.1, 0.15) is 0 Å². The standard InChI is InChI=1S/C16H14N4O5S/c21-16(19-13(10-11-17-19)12-6-2-1-3-7-12)18-26(24,25)15-9-5-4-8-14(15)20(22)23/h1-9,11,13H,10H2,(H,18,21). The lowest BCUT2D eigenvalue weighted by Gasteiger charge is -2.22. The van der Waals surface area contributed by atoms with Crippen molar-refractivity contribution in [2.75, 3.05) is 0 Å². The highest BCUT2D eigenvalue weighted by Gasteiger charge is 2.33. The second kappa shape index (κ2) is 6.92. The topological polar surface area (TPSA) is 122 Å². The summed E-state index contributed by atoms with van der Waals surface area (Å²) in [6.07, 6.45) is 1.94. The zero-order valence-corrected chi connectivity index (χ0v) is 14.2. The van der Waals surface area contributed by atoms with Crippen molar-refractivity contribution in [3.8, 4) is 0 Å². The molecule has 0 radical (unpaired) electrons. The molecule has 9 nitrogen and oxygen atoms in total. The Labute approximate surface area is 149 Å². The van der Waals surface area contributed by atoms with Gasteiger partial charge in [-0.3, -0.25) is 10.1 Å². The van der Waals surface area contributed by atoms with Gasteiger partial charge in [-0.15, -0.1) is 0 Å². The van der Waals surface area contributed by atoms with Crippen LogP contribution in [0.4, 0.5) is 10.5 Å². The van der Waals surface area contributed by atoms with E-state index in [1.54, 1.807) is 24.3 Å². The highest BCUT2D eigenvalue weighted by atomic mass is 32.2. The molecule has 0 fully saturated rings. The van der Waals surface area contributed by atoms with Crippen LogP contribution in [0.3, 0.4) is 0 Å². The van der Waals surface area contributed by atoms with E-state index in [4.69, 9.17) is 0 Å². The third kappa shape index (κ3) is 3.40.